The molecule has 2 saturated heterocycles. The molecule has 3 atom stereocenters. The number of para-hydroxylation sites is 1. The van der Waals surface area contributed by atoms with E-state index in [-0.39, 0.29) is 11.9 Å². The number of carbonyl (C=O) groups is 1. The fraction of sp³-hybridized carbons (Fsp3) is 0.333. The van der Waals surface area contributed by atoms with Gasteiger partial charge in [0, 0.05) is 43.8 Å². The van der Waals surface area contributed by atoms with Crippen LogP contribution in [0.15, 0.2) is 60.7 Å². The number of carbonyl (C=O) groups excluding carboxylic acids is 1. The molecule has 0 radical (unpaired) electrons. The fourth-order valence-corrected chi connectivity index (χ4v) is 5.10. The molecule has 3 aromatic rings. The second-order valence-electron chi connectivity index (χ2n) is 8.16. The molecule has 2 aliphatic rings. The highest BCUT2D eigenvalue weighted by molar-refractivity contribution is 5.80. The quantitative estimate of drug-likeness (QED) is 0.677. The second-order valence-corrected chi connectivity index (χ2v) is 8.16. The van der Waals surface area contributed by atoms with E-state index in [9.17, 15) is 4.79 Å². The Hall–Kier alpha value is -2.88. The summed E-state index contributed by atoms with van der Waals surface area (Å²) in [7, 11) is 0. The van der Waals surface area contributed by atoms with Crippen LogP contribution in [0.25, 0.3) is 10.9 Å². The third kappa shape index (κ3) is 2.75. The van der Waals surface area contributed by atoms with Crippen molar-refractivity contribution in [3.63, 3.8) is 0 Å². The van der Waals surface area contributed by atoms with E-state index < -0.39 is 0 Å². The van der Waals surface area contributed by atoms with E-state index in [1.54, 1.807) is 6.92 Å². The number of anilines is 1. The lowest BCUT2D eigenvalue weighted by Crippen LogP contribution is -2.34. The average molecular weight is 371 g/mol. The summed E-state index contributed by atoms with van der Waals surface area (Å²) in [5, 5.41) is 1.17. The van der Waals surface area contributed by atoms with Crippen molar-refractivity contribution in [2.45, 2.75) is 19.9 Å². The number of fused-ring (bicyclic) bond motifs is 2. The summed E-state index contributed by atoms with van der Waals surface area (Å²) in [5.41, 5.74) is 3.60. The summed E-state index contributed by atoms with van der Waals surface area (Å²) >= 11 is 0. The van der Waals surface area contributed by atoms with Crippen LogP contribution in [0, 0.1) is 18.8 Å². The van der Waals surface area contributed by atoms with E-state index in [1.165, 1.54) is 16.5 Å². The van der Waals surface area contributed by atoms with Gasteiger partial charge in [-0.05, 0) is 36.2 Å². The molecule has 0 N–H and O–H groups in total. The van der Waals surface area contributed by atoms with Crippen molar-refractivity contribution in [2.24, 2.45) is 11.8 Å². The van der Waals surface area contributed by atoms with Crippen molar-refractivity contribution in [1.29, 1.82) is 0 Å². The SMILES string of the molecule is CC(=O)N1C[C@H]2CN(c3ccc4ccccc4n3)C[C@H]2[C@H]1c1ccccc1C. The molecule has 4 heteroatoms. The van der Waals surface area contributed by atoms with Gasteiger partial charge in [-0.3, -0.25) is 4.79 Å². The van der Waals surface area contributed by atoms with Gasteiger partial charge in [0.25, 0.3) is 0 Å². The Labute approximate surface area is 165 Å². The third-order valence-electron chi connectivity index (χ3n) is 6.48. The van der Waals surface area contributed by atoms with E-state index in [0.29, 0.717) is 11.8 Å². The number of benzene rings is 2. The maximum absolute atomic E-state index is 12.4. The highest BCUT2D eigenvalue weighted by atomic mass is 16.2. The molecule has 0 spiro atoms. The predicted molar refractivity (Wildman–Crippen MR) is 112 cm³/mol. The van der Waals surface area contributed by atoms with Gasteiger partial charge in [0.05, 0.1) is 11.6 Å². The van der Waals surface area contributed by atoms with Crippen molar-refractivity contribution in [3.05, 3.63) is 71.8 Å². The van der Waals surface area contributed by atoms with Gasteiger partial charge in [-0.15, -0.1) is 0 Å². The molecule has 4 nitrogen and oxygen atoms in total. The molecule has 142 valence electrons. The summed E-state index contributed by atoms with van der Waals surface area (Å²) in [4.78, 5) is 21.8. The van der Waals surface area contributed by atoms with Crippen LogP contribution >= 0.6 is 0 Å². The zero-order valence-electron chi connectivity index (χ0n) is 16.4. The zero-order chi connectivity index (χ0) is 19.3. The molecular formula is C24H25N3O. The number of hydrogen-bond donors (Lipinski definition) is 0. The Balaban J connectivity index is 1.47. The topological polar surface area (TPSA) is 36.4 Å². The molecule has 2 aromatic carbocycles. The lowest BCUT2D eigenvalue weighted by molar-refractivity contribution is -0.130. The number of rotatable bonds is 2. The Morgan fingerprint density at radius 1 is 0.964 bits per heavy atom. The number of hydrogen-bond acceptors (Lipinski definition) is 3. The predicted octanol–water partition coefficient (Wildman–Crippen LogP) is 4.20. The maximum Gasteiger partial charge on any atom is 0.219 e. The van der Waals surface area contributed by atoms with E-state index in [2.05, 4.69) is 65.3 Å². The van der Waals surface area contributed by atoms with Crippen LogP contribution < -0.4 is 4.90 Å². The molecular weight excluding hydrogens is 346 g/mol. The van der Waals surface area contributed by atoms with E-state index in [4.69, 9.17) is 4.98 Å². The van der Waals surface area contributed by atoms with Crippen LogP contribution in [0.2, 0.25) is 0 Å². The van der Waals surface area contributed by atoms with Crippen LogP contribution in [0.1, 0.15) is 24.1 Å². The van der Waals surface area contributed by atoms with Crippen LogP contribution in [0.5, 0.6) is 0 Å². The van der Waals surface area contributed by atoms with Crippen molar-refractivity contribution in [2.75, 3.05) is 24.5 Å². The molecule has 0 bridgehead atoms. The van der Waals surface area contributed by atoms with Gasteiger partial charge in [0.1, 0.15) is 5.82 Å². The lowest BCUT2D eigenvalue weighted by atomic mass is 9.87. The Bertz CT molecular complexity index is 1050. The number of aromatic nitrogens is 1. The summed E-state index contributed by atoms with van der Waals surface area (Å²) in [6.45, 7) is 6.59. The number of amides is 1. The fourth-order valence-electron chi connectivity index (χ4n) is 5.10. The summed E-state index contributed by atoms with van der Waals surface area (Å²) in [5.74, 6) is 2.16. The number of likely N-dealkylation sites (tertiary alicyclic amines) is 1. The molecule has 2 aliphatic heterocycles. The number of aryl methyl sites for hydroxylation is 1. The first-order chi connectivity index (χ1) is 13.6. The van der Waals surface area contributed by atoms with Gasteiger partial charge in [-0.2, -0.15) is 0 Å². The standard InChI is InChI=1S/C24H25N3O/c1-16-7-3-5-9-20(16)24-21-15-26(13-19(21)14-27(24)17(2)28)23-12-11-18-8-4-6-10-22(18)25-23/h3-12,19,21,24H,13-15H2,1-2H3/t19-,21-,24-/m1/s1. The van der Waals surface area contributed by atoms with E-state index in [0.717, 1.165) is 31.0 Å². The zero-order valence-corrected chi connectivity index (χ0v) is 16.4. The minimum atomic E-state index is 0.161. The first-order valence-corrected chi connectivity index (χ1v) is 10.1. The maximum atomic E-state index is 12.4. The highest BCUT2D eigenvalue weighted by Gasteiger charge is 2.49. The molecule has 28 heavy (non-hydrogen) atoms. The molecule has 1 amide bonds. The minimum absolute atomic E-state index is 0.161. The Kier molecular flexibility index (Phi) is 4.08. The molecule has 2 fully saturated rings. The van der Waals surface area contributed by atoms with Crippen LogP contribution in [0.4, 0.5) is 5.82 Å². The average Bonchev–Trinajstić information content (AvgIpc) is 3.26. The molecule has 0 saturated carbocycles. The molecule has 3 heterocycles. The molecule has 1 aromatic heterocycles. The summed E-state index contributed by atoms with van der Waals surface area (Å²) < 4.78 is 0. The Morgan fingerprint density at radius 2 is 1.75 bits per heavy atom. The van der Waals surface area contributed by atoms with Gasteiger partial charge in [-0.25, -0.2) is 4.98 Å². The normalized spacial score (nSPS) is 24.0. The van der Waals surface area contributed by atoms with Gasteiger partial charge < -0.3 is 9.80 Å². The van der Waals surface area contributed by atoms with Gasteiger partial charge in [0.2, 0.25) is 5.91 Å². The van der Waals surface area contributed by atoms with Crippen molar-refractivity contribution >= 4 is 22.6 Å². The van der Waals surface area contributed by atoms with Crippen molar-refractivity contribution in [3.8, 4) is 0 Å². The van der Waals surface area contributed by atoms with Crippen LogP contribution in [-0.4, -0.2) is 35.4 Å². The summed E-state index contributed by atoms with van der Waals surface area (Å²) in [6, 6.07) is 21.2. The van der Waals surface area contributed by atoms with Gasteiger partial charge in [-0.1, -0.05) is 42.5 Å². The van der Waals surface area contributed by atoms with Crippen molar-refractivity contribution < 1.29 is 4.79 Å². The van der Waals surface area contributed by atoms with E-state index in [1.807, 2.05) is 12.1 Å². The van der Waals surface area contributed by atoms with Crippen LogP contribution in [0.3, 0.4) is 0 Å². The highest BCUT2D eigenvalue weighted by Crippen LogP contribution is 2.46. The second kappa shape index (κ2) is 6.62. The number of pyridine rings is 1. The van der Waals surface area contributed by atoms with Gasteiger partial charge in [0.15, 0.2) is 0 Å². The smallest absolute Gasteiger partial charge is 0.219 e. The minimum Gasteiger partial charge on any atom is -0.356 e. The molecule has 0 unspecified atom stereocenters. The monoisotopic (exact) mass is 371 g/mol. The first kappa shape index (κ1) is 17.2. The molecule has 5 rings (SSSR count). The third-order valence-corrected chi connectivity index (χ3v) is 6.48. The molecule has 0 aliphatic carbocycles. The van der Waals surface area contributed by atoms with Crippen LogP contribution in [-0.2, 0) is 4.79 Å². The van der Waals surface area contributed by atoms with E-state index >= 15 is 0 Å². The van der Waals surface area contributed by atoms with Gasteiger partial charge >= 0.3 is 0 Å². The first-order valence-electron chi connectivity index (χ1n) is 10.1. The Morgan fingerprint density at radius 3 is 2.57 bits per heavy atom. The lowest BCUT2D eigenvalue weighted by Gasteiger charge is -2.30. The van der Waals surface area contributed by atoms with Crippen molar-refractivity contribution in [1.82, 2.24) is 9.88 Å². The largest absolute Gasteiger partial charge is 0.356 e. The summed E-state index contributed by atoms with van der Waals surface area (Å²) in [6.07, 6.45) is 0. The number of nitrogens with zero attached hydrogens (tertiary/aromatic N) is 3.